The maximum Gasteiger partial charge on any atom is 0.305 e. The van der Waals surface area contributed by atoms with Gasteiger partial charge >= 0.3 is 5.97 Å². The SMILES string of the molecule is CCC(=O)O[C@H](CC)[C@@H](C)[C@H](O)[C@H](C)[C@H](O)[C@H](C)CC. The zero-order valence-electron chi connectivity index (χ0n) is 13.8. The van der Waals surface area contributed by atoms with Crippen LogP contribution in [-0.4, -0.2) is 34.5 Å². The number of aliphatic hydroxyl groups is 2. The van der Waals surface area contributed by atoms with Crippen LogP contribution in [0.1, 0.15) is 60.8 Å². The van der Waals surface area contributed by atoms with Crippen LogP contribution in [0, 0.1) is 17.8 Å². The molecule has 0 spiro atoms. The van der Waals surface area contributed by atoms with Gasteiger partial charge < -0.3 is 14.9 Å². The molecule has 0 aliphatic rings. The van der Waals surface area contributed by atoms with Gasteiger partial charge in [0, 0.05) is 18.3 Å². The molecule has 0 aromatic carbocycles. The molecule has 0 amide bonds. The average Bonchev–Trinajstić information content (AvgIpc) is 2.48. The van der Waals surface area contributed by atoms with E-state index in [0.717, 1.165) is 6.42 Å². The Morgan fingerprint density at radius 1 is 0.950 bits per heavy atom. The summed E-state index contributed by atoms with van der Waals surface area (Å²) in [5.41, 5.74) is 0. The fourth-order valence-corrected chi connectivity index (χ4v) is 2.48. The van der Waals surface area contributed by atoms with Crippen molar-refractivity contribution in [1.29, 1.82) is 0 Å². The van der Waals surface area contributed by atoms with E-state index in [4.69, 9.17) is 4.74 Å². The van der Waals surface area contributed by atoms with Crippen molar-refractivity contribution in [2.24, 2.45) is 17.8 Å². The normalized spacial score (nSPS) is 20.6. The van der Waals surface area contributed by atoms with E-state index >= 15 is 0 Å². The summed E-state index contributed by atoms with van der Waals surface area (Å²) in [5.74, 6) is -0.533. The molecule has 0 unspecified atom stereocenters. The number of hydrogen-bond acceptors (Lipinski definition) is 4. The maximum atomic E-state index is 11.4. The van der Waals surface area contributed by atoms with Crippen LogP contribution in [0.2, 0.25) is 0 Å². The topological polar surface area (TPSA) is 66.8 Å². The Morgan fingerprint density at radius 3 is 1.90 bits per heavy atom. The Balaban J connectivity index is 4.71. The fourth-order valence-electron chi connectivity index (χ4n) is 2.48. The van der Waals surface area contributed by atoms with Gasteiger partial charge in [0.05, 0.1) is 12.2 Å². The van der Waals surface area contributed by atoms with Crippen molar-refractivity contribution >= 4 is 5.97 Å². The Kier molecular flexibility index (Phi) is 9.06. The smallest absolute Gasteiger partial charge is 0.305 e. The molecule has 0 aliphatic heterocycles. The zero-order chi connectivity index (χ0) is 15.9. The number of carbonyl (C=O) groups excluding carboxylic acids is 1. The highest BCUT2D eigenvalue weighted by Crippen LogP contribution is 2.26. The first-order valence-corrected chi connectivity index (χ1v) is 7.85. The third-order valence-corrected chi connectivity index (χ3v) is 4.40. The highest BCUT2D eigenvalue weighted by atomic mass is 16.5. The lowest BCUT2D eigenvalue weighted by Crippen LogP contribution is -2.42. The predicted octanol–water partition coefficient (Wildman–Crippen LogP) is 2.76. The number of esters is 1. The minimum atomic E-state index is -0.686. The monoisotopic (exact) mass is 288 g/mol. The van der Waals surface area contributed by atoms with E-state index in [1.54, 1.807) is 6.92 Å². The number of hydrogen-bond donors (Lipinski definition) is 2. The van der Waals surface area contributed by atoms with Crippen molar-refractivity contribution in [3.05, 3.63) is 0 Å². The van der Waals surface area contributed by atoms with Crippen molar-refractivity contribution in [1.82, 2.24) is 0 Å². The Hall–Kier alpha value is -0.610. The molecule has 0 radical (unpaired) electrons. The molecule has 0 aliphatic carbocycles. The molecule has 0 saturated heterocycles. The molecule has 0 rings (SSSR count). The van der Waals surface area contributed by atoms with E-state index in [1.807, 2.05) is 34.6 Å². The molecule has 20 heavy (non-hydrogen) atoms. The first-order valence-electron chi connectivity index (χ1n) is 7.85. The lowest BCUT2D eigenvalue weighted by atomic mass is 9.81. The van der Waals surface area contributed by atoms with Gasteiger partial charge in [0.1, 0.15) is 6.10 Å². The van der Waals surface area contributed by atoms with Gasteiger partial charge in [0.2, 0.25) is 0 Å². The molecular weight excluding hydrogens is 256 g/mol. The molecule has 0 saturated carbocycles. The van der Waals surface area contributed by atoms with E-state index in [-0.39, 0.29) is 29.8 Å². The third-order valence-electron chi connectivity index (χ3n) is 4.40. The van der Waals surface area contributed by atoms with Crippen LogP contribution in [0.15, 0.2) is 0 Å². The number of aliphatic hydroxyl groups excluding tert-OH is 2. The fraction of sp³-hybridized carbons (Fsp3) is 0.938. The van der Waals surface area contributed by atoms with Gasteiger partial charge in [0.15, 0.2) is 0 Å². The summed E-state index contributed by atoms with van der Waals surface area (Å²) < 4.78 is 5.37. The number of carbonyl (C=O) groups is 1. The van der Waals surface area contributed by atoms with E-state index in [0.29, 0.717) is 12.8 Å². The molecule has 2 N–H and O–H groups in total. The lowest BCUT2D eigenvalue weighted by Gasteiger charge is -2.34. The van der Waals surface area contributed by atoms with Gasteiger partial charge in [-0.3, -0.25) is 4.79 Å². The summed E-state index contributed by atoms with van der Waals surface area (Å²) in [4.78, 5) is 11.4. The Labute approximate surface area is 123 Å². The zero-order valence-corrected chi connectivity index (χ0v) is 13.8. The van der Waals surface area contributed by atoms with Crippen LogP contribution in [0.3, 0.4) is 0 Å². The van der Waals surface area contributed by atoms with Crippen LogP contribution in [0.25, 0.3) is 0 Å². The van der Waals surface area contributed by atoms with Crippen LogP contribution in [0.4, 0.5) is 0 Å². The molecule has 0 heterocycles. The summed E-state index contributed by atoms with van der Waals surface area (Å²) in [6.45, 7) is 11.4. The first kappa shape index (κ1) is 19.4. The maximum absolute atomic E-state index is 11.4. The largest absolute Gasteiger partial charge is 0.462 e. The Morgan fingerprint density at radius 2 is 1.50 bits per heavy atom. The standard InChI is InChI=1S/C16H32O4/c1-7-10(4)15(18)12(6)16(19)11(5)13(8-2)20-14(17)9-3/h10-13,15-16,18-19H,7-9H2,1-6H3/t10-,11-,12-,13-,15-,16+/m1/s1. The van der Waals surface area contributed by atoms with Crippen LogP contribution in [-0.2, 0) is 9.53 Å². The van der Waals surface area contributed by atoms with E-state index < -0.39 is 12.2 Å². The average molecular weight is 288 g/mol. The third kappa shape index (κ3) is 5.41. The molecular formula is C16H32O4. The number of ether oxygens (including phenoxy) is 1. The predicted molar refractivity (Wildman–Crippen MR) is 80.3 cm³/mol. The molecule has 0 aromatic heterocycles. The Bertz CT molecular complexity index is 280. The summed E-state index contributed by atoms with van der Waals surface area (Å²) in [5, 5.41) is 20.7. The number of rotatable bonds is 9. The van der Waals surface area contributed by atoms with Crippen LogP contribution >= 0.6 is 0 Å². The quantitative estimate of drug-likeness (QED) is 0.640. The van der Waals surface area contributed by atoms with Gasteiger partial charge in [-0.25, -0.2) is 0 Å². The van der Waals surface area contributed by atoms with Crippen molar-refractivity contribution in [3.63, 3.8) is 0 Å². The van der Waals surface area contributed by atoms with Crippen LogP contribution < -0.4 is 0 Å². The van der Waals surface area contributed by atoms with E-state index in [9.17, 15) is 15.0 Å². The summed E-state index contributed by atoms with van der Waals surface area (Å²) in [6, 6.07) is 0. The molecule has 4 heteroatoms. The second-order valence-electron chi connectivity index (χ2n) is 5.88. The molecule has 0 bridgehead atoms. The molecule has 120 valence electrons. The first-order chi connectivity index (χ1) is 9.29. The van der Waals surface area contributed by atoms with Gasteiger partial charge in [-0.15, -0.1) is 0 Å². The summed E-state index contributed by atoms with van der Waals surface area (Å²) in [6.07, 6.45) is 0.337. The lowest BCUT2D eigenvalue weighted by molar-refractivity contribution is -0.155. The second kappa shape index (κ2) is 9.35. The molecule has 6 atom stereocenters. The van der Waals surface area contributed by atoms with Crippen LogP contribution in [0.5, 0.6) is 0 Å². The van der Waals surface area contributed by atoms with E-state index in [2.05, 4.69) is 0 Å². The van der Waals surface area contributed by atoms with Crippen molar-refractivity contribution in [2.45, 2.75) is 79.1 Å². The van der Waals surface area contributed by atoms with Gasteiger partial charge in [0.25, 0.3) is 0 Å². The van der Waals surface area contributed by atoms with Crippen molar-refractivity contribution in [3.8, 4) is 0 Å². The second-order valence-corrected chi connectivity index (χ2v) is 5.88. The van der Waals surface area contributed by atoms with Crippen molar-refractivity contribution in [2.75, 3.05) is 0 Å². The van der Waals surface area contributed by atoms with E-state index in [1.165, 1.54) is 0 Å². The van der Waals surface area contributed by atoms with Gasteiger partial charge in [-0.05, 0) is 12.3 Å². The molecule has 0 fully saturated rings. The molecule has 4 nitrogen and oxygen atoms in total. The summed E-state index contributed by atoms with van der Waals surface area (Å²) in [7, 11) is 0. The van der Waals surface area contributed by atoms with Gasteiger partial charge in [-0.1, -0.05) is 48.0 Å². The minimum absolute atomic E-state index is 0.144. The minimum Gasteiger partial charge on any atom is -0.462 e. The highest BCUT2D eigenvalue weighted by molar-refractivity contribution is 5.69. The highest BCUT2D eigenvalue weighted by Gasteiger charge is 2.34. The van der Waals surface area contributed by atoms with Crippen molar-refractivity contribution < 1.29 is 19.7 Å². The molecule has 0 aromatic rings. The van der Waals surface area contributed by atoms with Gasteiger partial charge in [-0.2, -0.15) is 0 Å². The summed E-state index contributed by atoms with van der Waals surface area (Å²) >= 11 is 0.